The zero-order valence-electron chi connectivity index (χ0n) is 10.4. The second-order valence-electron chi connectivity index (χ2n) is 4.33. The van der Waals surface area contributed by atoms with E-state index in [0.29, 0.717) is 0 Å². The topological polar surface area (TPSA) is 6.48 Å². The zero-order valence-corrected chi connectivity index (χ0v) is 12.8. The molecule has 0 bridgehead atoms. The second kappa shape index (κ2) is 6.75. The molecular weight excluding hydrogens is 284 g/mol. The number of thiocarbonyl (C=S) groups is 1. The van der Waals surface area contributed by atoms with E-state index in [4.69, 9.17) is 23.8 Å². The van der Waals surface area contributed by atoms with Crippen LogP contribution >= 0.6 is 35.6 Å². The SMILES string of the molecule is CCCCN1CSC(=S)N(c2ccc(Cl)cc2)C1. The highest BCUT2D eigenvalue weighted by Crippen LogP contribution is 2.26. The quantitative estimate of drug-likeness (QED) is 0.769. The molecule has 5 heteroatoms. The average Bonchev–Trinajstić information content (AvgIpc) is 2.39. The van der Waals surface area contributed by atoms with Gasteiger partial charge in [-0.1, -0.05) is 48.9 Å². The van der Waals surface area contributed by atoms with Crippen LogP contribution in [0.5, 0.6) is 0 Å². The molecule has 0 N–H and O–H groups in total. The highest BCUT2D eigenvalue weighted by atomic mass is 35.5. The summed E-state index contributed by atoms with van der Waals surface area (Å²) in [6.07, 6.45) is 2.47. The van der Waals surface area contributed by atoms with Crippen LogP contribution in [0.2, 0.25) is 5.02 Å². The van der Waals surface area contributed by atoms with Crippen LogP contribution in [0.4, 0.5) is 5.69 Å². The number of nitrogens with zero attached hydrogens (tertiary/aromatic N) is 2. The van der Waals surface area contributed by atoms with Crippen molar-refractivity contribution in [2.24, 2.45) is 0 Å². The number of hydrogen-bond acceptors (Lipinski definition) is 3. The van der Waals surface area contributed by atoms with Gasteiger partial charge in [-0.2, -0.15) is 0 Å². The maximum atomic E-state index is 5.92. The van der Waals surface area contributed by atoms with E-state index in [1.165, 1.54) is 12.8 Å². The van der Waals surface area contributed by atoms with Gasteiger partial charge in [0, 0.05) is 17.3 Å². The molecule has 0 aliphatic carbocycles. The van der Waals surface area contributed by atoms with Crippen LogP contribution in [0.3, 0.4) is 0 Å². The molecule has 1 saturated heterocycles. The van der Waals surface area contributed by atoms with E-state index < -0.39 is 0 Å². The molecule has 2 nitrogen and oxygen atoms in total. The summed E-state index contributed by atoms with van der Waals surface area (Å²) in [6, 6.07) is 7.88. The maximum absolute atomic E-state index is 5.92. The van der Waals surface area contributed by atoms with Gasteiger partial charge in [0.1, 0.15) is 4.32 Å². The van der Waals surface area contributed by atoms with Gasteiger partial charge in [0.15, 0.2) is 0 Å². The molecule has 0 radical (unpaired) electrons. The van der Waals surface area contributed by atoms with Gasteiger partial charge in [-0.15, -0.1) is 0 Å². The van der Waals surface area contributed by atoms with Crippen molar-refractivity contribution in [2.45, 2.75) is 19.8 Å². The van der Waals surface area contributed by atoms with Crippen molar-refractivity contribution < 1.29 is 0 Å². The number of anilines is 1. The summed E-state index contributed by atoms with van der Waals surface area (Å²) in [7, 11) is 0. The molecule has 0 amide bonds. The Morgan fingerprint density at radius 2 is 2.06 bits per heavy atom. The summed E-state index contributed by atoms with van der Waals surface area (Å²) < 4.78 is 0.949. The van der Waals surface area contributed by atoms with Crippen molar-refractivity contribution in [3.63, 3.8) is 0 Å². The van der Waals surface area contributed by atoms with Gasteiger partial charge >= 0.3 is 0 Å². The van der Waals surface area contributed by atoms with Gasteiger partial charge in [0.25, 0.3) is 0 Å². The molecule has 1 aliphatic rings. The predicted octanol–water partition coefficient (Wildman–Crippen LogP) is 4.20. The van der Waals surface area contributed by atoms with Gasteiger partial charge in [0.2, 0.25) is 0 Å². The van der Waals surface area contributed by atoms with Crippen LogP contribution in [-0.2, 0) is 0 Å². The summed E-state index contributed by atoms with van der Waals surface area (Å²) in [5.41, 5.74) is 1.12. The first kappa shape index (κ1) is 14.1. The third-order valence-electron chi connectivity index (χ3n) is 2.90. The molecule has 98 valence electrons. The van der Waals surface area contributed by atoms with Gasteiger partial charge < -0.3 is 4.90 Å². The average molecular weight is 301 g/mol. The molecule has 1 heterocycles. The first-order valence-electron chi connectivity index (χ1n) is 6.13. The molecule has 0 aromatic heterocycles. The lowest BCUT2D eigenvalue weighted by molar-refractivity contribution is 0.323. The Hall–Kier alpha value is -0.290. The van der Waals surface area contributed by atoms with Crippen LogP contribution in [-0.4, -0.2) is 28.3 Å². The van der Waals surface area contributed by atoms with E-state index in [1.807, 2.05) is 24.3 Å². The van der Waals surface area contributed by atoms with Gasteiger partial charge in [-0.05, 0) is 30.7 Å². The number of halogens is 1. The lowest BCUT2D eigenvalue weighted by Crippen LogP contribution is -2.45. The standard InChI is InChI=1S/C13H17ClN2S2/c1-2-3-8-15-9-16(13(17)18-10-15)12-6-4-11(14)5-7-12/h4-7H,2-3,8-10H2,1H3. The van der Waals surface area contributed by atoms with Crippen molar-refractivity contribution >= 4 is 45.6 Å². The molecule has 0 spiro atoms. The lowest BCUT2D eigenvalue weighted by atomic mass is 10.3. The van der Waals surface area contributed by atoms with Crippen molar-refractivity contribution in [1.82, 2.24) is 4.90 Å². The third-order valence-corrected chi connectivity index (χ3v) is 4.69. The van der Waals surface area contributed by atoms with Crippen LogP contribution in [0.15, 0.2) is 24.3 Å². The largest absolute Gasteiger partial charge is 0.314 e. The molecule has 0 saturated carbocycles. The normalized spacial score (nSPS) is 17.2. The van der Waals surface area contributed by atoms with Crippen molar-refractivity contribution in [1.29, 1.82) is 0 Å². The molecule has 1 aromatic rings. The highest BCUT2D eigenvalue weighted by Gasteiger charge is 2.22. The van der Waals surface area contributed by atoms with E-state index >= 15 is 0 Å². The molecule has 1 aliphatic heterocycles. The van der Waals surface area contributed by atoms with Crippen molar-refractivity contribution in [2.75, 3.05) is 24.0 Å². The van der Waals surface area contributed by atoms with Crippen LogP contribution < -0.4 is 4.90 Å². The van der Waals surface area contributed by atoms with Crippen molar-refractivity contribution in [3.05, 3.63) is 29.3 Å². The third kappa shape index (κ3) is 3.60. The molecule has 18 heavy (non-hydrogen) atoms. The smallest absolute Gasteiger partial charge is 0.143 e. The van der Waals surface area contributed by atoms with Crippen molar-refractivity contribution in [3.8, 4) is 0 Å². The van der Waals surface area contributed by atoms with E-state index in [1.54, 1.807) is 11.8 Å². The minimum atomic E-state index is 0.761. The Morgan fingerprint density at radius 3 is 2.72 bits per heavy atom. The van der Waals surface area contributed by atoms with Crippen LogP contribution in [0.25, 0.3) is 0 Å². The maximum Gasteiger partial charge on any atom is 0.143 e. The first-order chi connectivity index (χ1) is 8.70. The lowest BCUT2D eigenvalue weighted by Gasteiger charge is -2.36. The van der Waals surface area contributed by atoms with E-state index in [2.05, 4.69) is 16.7 Å². The minimum Gasteiger partial charge on any atom is -0.314 e. The molecule has 2 rings (SSSR count). The van der Waals surface area contributed by atoms with E-state index in [0.717, 1.165) is 34.1 Å². The minimum absolute atomic E-state index is 0.761. The summed E-state index contributed by atoms with van der Waals surface area (Å²) in [6.45, 7) is 4.24. The van der Waals surface area contributed by atoms with Gasteiger partial charge in [0.05, 0.1) is 12.5 Å². The summed E-state index contributed by atoms with van der Waals surface area (Å²) in [4.78, 5) is 4.61. The predicted molar refractivity (Wildman–Crippen MR) is 85.5 cm³/mol. The highest BCUT2D eigenvalue weighted by molar-refractivity contribution is 8.23. The molecular formula is C13H17ClN2S2. The monoisotopic (exact) mass is 300 g/mol. The summed E-state index contributed by atoms with van der Waals surface area (Å²) >= 11 is 13.1. The Bertz CT molecular complexity index is 408. The second-order valence-corrected chi connectivity index (χ2v) is 6.35. The fraction of sp³-hybridized carbons (Fsp3) is 0.462. The van der Waals surface area contributed by atoms with Crippen LogP contribution in [0, 0.1) is 0 Å². The summed E-state index contributed by atoms with van der Waals surface area (Å²) in [5, 5.41) is 0.761. The van der Waals surface area contributed by atoms with Gasteiger partial charge in [-0.25, -0.2) is 0 Å². The Labute approximate surface area is 123 Å². The molecule has 1 fully saturated rings. The Balaban J connectivity index is 2.05. The number of thioether (sulfide) groups is 1. The Kier molecular flexibility index (Phi) is 5.30. The van der Waals surface area contributed by atoms with Crippen LogP contribution in [0.1, 0.15) is 19.8 Å². The molecule has 0 unspecified atom stereocenters. The zero-order chi connectivity index (χ0) is 13.0. The van der Waals surface area contributed by atoms with E-state index in [-0.39, 0.29) is 0 Å². The van der Waals surface area contributed by atoms with Gasteiger partial charge in [-0.3, -0.25) is 4.90 Å². The van der Waals surface area contributed by atoms with E-state index in [9.17, 15) is 0 Å². The molecule has 0 atom stereocenters. The molecule has 1 aromatic carbocycles. The number of unbranched alkanes of at least 4 members (excludes halogenated alkanes) is 1. The first-order valence-corrected chi connectivity index (χ1v) is 7.90. The number of benzene rings is 1. The Morgan fingerprint density at radius 1 is 1.33 bits per heavy atom. The fourth-order valence-corrected chi connectivity index (χ4v) is 3.12. The number of rotatable bonds is 4. The fourth-order valence-electron chi connectivity index (χ4n) is 1.85. The number of hydrogen-bond donors (Lipinski definition) is 0. The summed E-state index contributed by atoms with van der Waals surface area (Å²) in [5.74, 6) is 1.00.